The molecule has 0 saturated heterocycles. The van der Waals surface area contributed by atoms with E-state index in [1.807, 2.05) is 38.1 Å². The molecule has 0 heterocycles. The number of halogens is 1. The van der Waals surface area contributed by atoms with E-state index in [2.05, 4.69) is 21.2 Å². The lowest BCUT2D eigenvalue weighted by molar-refractivity contribution is 0.0992. The number of hydrogen-bond acceptors (Lipinski definition) is 4. The van der Waals surface area contributed by atoms with Gasteiger partial charge in [0.05, 0.1) is 0 Å². The summed E-state index contributed by atoms with van der Waals surface area (Å²) in [5.41, 5.74) is 0. The Hall–Kier alpha value is -0.620. The Morgan fingerprint density at radius 1 is 1.26 bits per heavy atom. The first-order valence-electron chi connectivity index (χ1n) is 6.43. The van der Waals surface area contributed by atoms with Gasteiger partial charge in [0, 0.05) is 23.7 Å². The zero-order valence-electron chi connectivity index (χ0n) is 11.3. The summed E-state index contributed by atoms with van der Waals surface area (Å²) in [5.74, 6) is 0.901. The molecular formula is C14H22BrNO3. The van der Waals surface area contributed by atoms with Crippen LogP contribution >= 0.6 is 15.9 Å². The van der Waals surface area contributed by atoms with Crippen LogP contribution in [-0.4, -0.2) is 42.1 Å². The third-order valence-electron chi connectivity index (χ3n) is 3.07. The van der Waals surface area contributed by atoms with E-state index < -0.39 is 6.10 Å². The average Bonchev–Trinajstić information content (AvgIpc) is 2.43. The fourth-order valence-corrected chi connectivity index (χ4v) is 1.73. The van der Waals surface area contributed by atoms with Crippen molar-refractivity contribution in [1.29, 1.82) is 0 Å². The third-order valence-corrected chi connectivity index (χ3v) is 3.60. The number of rotatable bonds is 8. The van der Waals surface area contributed by atoms with Crippen molar-refractivity contribution in [3.05, 3.63) is 28.7 Å². The molecule has 19 heavy (non-hydrogen) atoms. The highest BCUT2D eigenvalue weighted by Crippen LogP contribution is 2.16. The van der Waals surface area contributed by atoms with E-state index in [1.54, 1.807) is 0 Å². The van der Waals surface area contributed by atoms with Crippen LogP contribution in [0.3, 0.4) is 0 Å². The number of hydrogen-bond donors (Lipinski definition) is 3. The fraction of sp³-hybridized carbons (Fsp3) is 0.571. The second-order valence-corrected chi connectivity index (χ2v) is 5.69. The predicted molar refractivity (Wildman–Crippen MR) is 79.4 cm³/mol. The molecule has 0 saturated carbocycles. The summed E-state index contributed by atoms with van der Waals surface area (Å²) in [6.07, 6.45) is -0.572. The van der Waals surface area contributed by atoms with Crippen LogP contribution in [0.1, 0.15) is 13.8 Å². The first kappa shape index (κ1) is 16.4. The number of benzene rings is 1. The molecule has 0 radical (unpaired) electrons. The Bertz CT molecular complexity index is 358. The van der Waals surface area contributed by atoms with Crippen molar-refractivity contribution in [3.8, 4) is 5.75 Å². The Morgan fingerprint density at radius 2 is 1.89 bits per heavy atom. The van der Waals surface area contributed by atoms with Crippen LogP contribution in [0.25, 0.3) is 0 Å². The van der Waals surface area contributed by atoms with Gasteiger partial charge < -0.3 is 20.3 Å². The van der Waals surface area contributed by atoms with Gasteiger partial charge in [-0.05, 0) is 37.1 Å². The second-order valence-electron chi connectivity index (χ2n) is 4.78. The standard InChI is InChI=1S/C14H22BrNO3/c1-10(8-17)11(2)16-7-13(18)9-19-14-5-3-12(15)4-6-14/h3-6,10-11,13,16-18H,7-9H2,1-2H3. The summed E-state index contributed by atoms with van der Waals surface area (Å²) < 4.78 is 6.48. The maximum atomic E-state index is 9.81. The predicted octanol–water partition coefficient (Wildman–Crippen LogP) is 1.80. The lowest BCUT2D eigenvalue weighted by atomic mass is 10.1. The first-order valence-corrected chi connectivity index (χ1v) is 7.23. The molecule has 0 aliphatic carbocycles. The Labute approximate surface area is 122 Å². The number of aliphatic hydroxyl groups excluding tert-OH is 2. The molecule has 3 unspecified atom stereocenters. The van der Waals surface area contributed by atoms with Crippen molar-refractivity contribution in [3.63, 3.8) is 0 Å². The van der Waals surface area contributed by atoms with Crippen LogP contribution in [0.15, 0.2) is 28.7 Å². The fourth-order valence-electron chi connectivity index (χ4n) is 1.46. The van der Waals surface area contributed by atoms with Gasteiger partial charge in [-0.2, -0.15) is 0 Å². The minimum absolute atomic E-state index is 0.139. The topological polar surface area (TPSA) is 61.7 Å². The molecule has 0 amide bonds. The second kappa shape index (κ2) is 8.53. The minimum Gasteiger partial charge on any atom is -0.491 e. The van der Waals surface area contributed by atoms with Crippen molar-refractivity contribution in [2.45, 2.75) is 26.0 Å². The van der Waals surface area contributed by atoms with Crippen LogP contribution in [0, 0.1) is 5.92 Å². The Morgan fingerprint density at radius 3 is 2.47 bits per heavy atom. The molecule has 1 aromatic carbocycles. The number of nitrogens with one attached hydrogen (secondary N) is 1. The van der Waals surface area contributed by atoms with Crippen molar-refractivity contribution in [2.24, 2.45) is 5.92 Å². The normalized spacial score (nSPS) is 15.8. The van der Waals surface area contributed by atoms with Gasteiger partial charge >= 0.3 is 0 Å². The first-order chi connectivity index (χ1) is 9.02. The van der Waals surface area contributed by atoms with Crippen LogP contribution in [0.5, 0.6) is 5.75 Å². The van der Waals surface area contributed by atoms with Gasteiger partial charge in [-0.15, -0.1) is 0 Å². The minimum atomic E-state index is -0.572. The van der Waals surface area contributed by atoms with E-state index in [0.717, 1.165) is 10.2 Å². The highest BCUT2D eigenvalue weighted by atomic mass is 79.9. The number of ether oxygens (including phenoxy) is 1. The van der Waals surface area contributed by atoms with Gasteiger partial charge in [0.1, 0.15) is 18.5 Å². The molecule has 108 valence electrons. The summed E-state index contributed by atoms with van der Waals surface area (Å²) in [6.45, 7) is 4.78. The van der Waals surface area contributed by atoms with Crippen LogP contribution < -0.4 is 10.1 Å². The molecule has 1 rings (SSSR count). The molecule has 0 fully saturated rings. The van der Waals surface area contributed by atoms with Gasteiger partial charge in [-0.1, -0.05) is 22.9 Å². The monoisotopic (exact) mass is 331 g/mol. The Balaban J connectivity index is 2.24. The molecule has 0 bridgehead atoms. The Kier molecular flexibility index (Phi) is 7.38. The van der Waals surface area contributed by atoms with E-state index in [4.69, 9.17) is 9.84 Å². The third kappa shape index (κ3) is 6.38. The lowest BCUT2D eigenvalue weighted by Gasteiger charge is -2.21. The molecule has 0 aliphatic heterocycles. The van der Waals surface area contributed by atoms with E-state index in [1.165, 1.54) is 0 Å². The van der Waals surface area contributed by atoms with Gasteiger partial charge in [-0.3, -0.25) is 0 Å². The molecule has 0 aliphatic rings. The van der Waals surface area contributed by atoms with Gasteiger partial charge in [0.15, 0.2) is 0 Å². The van der Waals surface area contributed by atoms with Gasteiger partial charge in [-0.25, -0.2) is 0 Å². The SMILES string of the molecule is CC(CO)C(C)NCC(O)COc1ccc(Br)cc1. The van der Waals surface area contributed by atoms with E-state index in [0.29, 0.717) is 6.54 Å². The molecule has 0 aromatic heterocycles. The van der Waals surface area contributed by atoms with Crippen molar-refractivity contribution in [2.75, 3.05) is 19.8 Å². The largest absolute Gasteiger partial charge is 0.491 e. The number of aliphatic hydroxyl groups is 2. The summed E-state index contributed by atoms with van der Waals surface area (Å²) in [5, 5.41) is 22.0. The van der Waals surface area contributed by atoms with Crippen LogP contribution in [0.4, 0.5) is 0 Å². The summed E-state index contributed by atoms with van der Waals surface area (Å²) in [6, 6.07) is 7.64. The smallest absolute Gasteiger partial charge is 0.119 e. The molecule has 3 atom stereocenters. The average molecular weight is 332 g/mol. The molecule has 5 heteroatoms. The molecular weight excluding hydrogens is 310 g/mol. The summed E-state index contributed by atoms with van der Waals surface area (Å²) in [4.78, 5) is 0. The molecule has 3 N–H and O–H groups in total. The summed E-state index contributed by atoms with van der Waals surface area (Å²) >= 11 is 3.35. The zero-order chi connectivity index (χ0) is 14.3. The summed E-state index contributed by atoms with van der Waals surface area (Å²) in [7, 11) is 0. The maximum Gasteiger partial charge on any atom is 0.119 e. The quantitative estimate of drug-likeness (QED) is 0.679. The van der Waals surface area contributed by atoms with Gasteiger partial charge in [0.25, 0.3) is 0 Å². The van der Waals surface area contributed by atoms with Crippen molar-refractivity contribution < 1.29 is 14.9 Å². The molecule has 0 spiro atoms. The maximum absolute atomic E-state index is 9.81. The highest BCUT2D eigenvalue weighted by molar-refractivity contribution is 9.10. The molecule has 4 nitrogen and oxygen atoms in total. The van der Waals surface area contributed by atoms with Crippen LogP contribution in [0.2, 0.25) is 0 Å². The van der Waals surface area contributed by atoms with Crippen molar-refractivity contribution >= 4 is 15.9 Å². The van der Waals surface area contributed by atoms with Gasteiger partial charge in [0.2, 0.25) is 0 Å². The van der Waals surface area contributed by atoms with E-state index >= 15 is 0 Å². The lowest BCUT2D eigenvalue weighted by Crippen LogP contribution is -2.40. The van der Waals surface area contributed by atoms with E-state index in [-0.39, 0.29) is 25.2 Å². The highest BCUT2D eigenvalue weighted by Gasteiger charge is 2.12. The van der Waals surface area contributed by atoms with Crippen molar-refractivity contribution in [1.82, 2.24) is 5.32 Å². The van der Waals surface area contributed by atoms with E-state index in [9.17, 15) is 5.11 Å². The van der Waals surface area contributed by atoms with Crippen LogP contribution in [-0.2, 0) is 0 Å². The molecule has 1 aromatic rings. The zero-order valence-corrected chi connectivity index (χ0v) is 12.9.